The van der Waals surface area contributed by atoms with Crippen LogP contribution in [0.2, 0.25) is 0 Å². The number of aryl methyl sites for hydroxylation is 2. The van der Waals surface area contributed by atoms with E-state index in [4.69, 9.17) is 9.47 Å². The van der Waals surface area contributed by atoms with Gasteiger partial charge in [0.2, 0.25) is 0 Å². The first-order valence-electron chi connectivity index (χ1n) is 9.30. The molecule has 0 aliphatic heterocycles. The molecule has 1 N–H and O–H groups in total. The van der Waals surface area contributed by atoms with Crippen LogP contribution in [0.25, 0.3) is 10.9 Å². The molecule has 0 bridgehead atoms. The molecule has 0 fully saturated rings. The largest absolute Gasteiger partial charge is 0.461 e. The Morgan fingerprint density at radius 1 is 1.19 bits per heavy atom. The van der Waals surface area contributed by atoms with Gasteiger partial charge in [0, 0.05) is 18.0 Å². The first-order valence-corrected chi connectivity index (χ1v) is 9.30. The van der Waals surface area contributed by atoms with E-state index in [-0.39, 0.29) is 12.0 Å². The van der Waals surface area contributed by atoms with E-state index in [0.717, 1.165) is 22.0 Å². The van der Waals surface area contributed by atoms with E-state index in [1.54, 1.807) is 6.92 Å². The second-order valence-corrected chi connectivity index (χ2v) is 7.81. The highest BCUT2D eigenvalue weighted by Crippen LogP contribution is 2.30. The summed E-state index contributed by atoms with van der Waals surface area (Å²) in [6.45, 7) is 13.9. The third-order valence-corrected chi connectivity index (χ3v) is 4.28. The van der Waals surface area contributed by atoms with Gasteiger partial charge in [0.05, 0.1) is 12.1 Å². The minimum atomic E-state index is -0.558. The van der Waals surface area contributed by atoms with Gasteiger partial charge in [0.25, 0.3) is 0 Å². The van der Waals surface area contributed by atoms with Crippen molar-refractivity contribution in [3.63, 3.8) is 0 Å². The summed E-state index contributed by atoms with van der Waals surface area (Å²) in [6, 6.07) is 5.80. The third-order valence-electron chi connectivity index (χ3n) is 4.28. The molecular weight excluding hydrogens is 344 g/mol. The zero-order chi connectivity index (χ0) is 20.4. The number of rotatable bonds is 5. The number of carbonyl (C=O) groups is 2. The molecule has 1 unspecified atom stereocenters. The van der Waals surface area contributed by atoms with Gasteiger partial charge in [-0.1, -0.05) is 12.1 Å². The van der Waals surface area contributed by atoms with Crippen molar-refractivity contribution in [2.75, 3.05) is 13.2 Å². The van der Waals surface area contributed by atoms with Crippen molar-refractivity contribution in [1.82, 2.24) is 9.88 Å². The monoisotopic (exact) mass is 374 g/mol. The Bertz CT molecular complexity index is 846. The van der Waals surface area contributed by atoms with Crippen LogP contribution in [0.3, 0.4) is 0 Å². The van der Waals surface area contributed by atoms with E-state index in [1.165, 1.54) is 0 Å². The van der Waals surface area contributed by atoms with Crippen LogP contribution in [0.15, 0.2) is 18.2 Å². The first kappa shape index (κ1) is 20.8. The lowest BCUT2D eigenvalue weighted by Crippen LogP contribution is -2.35. The number of carbonyl (C=O) groups excluding carboxylic acids is 2. The molecule has 27 heavy (non-hydrogen) atoms. The second-order valence-electron chi connectivity index (χ2n) is 7.81. The lowest BCUT2D eigenvalue weighted by atomic mass is 10.1. The summed E-state index contributed by atoms with van der Waals surface area (Å²) in [6.07, 6.45) is -0.476. The number of hydrogen-bond donors (Lipinski definition) is 1. The SMILES string of the molecule is CCOC(=O)c1cc2c(C)ccc(C)c2n1C(C)CNC(=O)OC(C)(C)C. The van der Waals surface area contributed by atoms with Gasteiger partial charge in [0.1, 0.15) is 11.3 Å². The number of esters is 1. The molecule has 0 radical (unpaired) electrons. The second kappa shape index (κ2) is 8.03. The predicted molar refractivity (Wildman–Crippen MR) is 106 cm³/mol. The molecule has 6 heteroatoms. The molecule has 0 saturated carbocycles. The molecule has 1 atom stereocenters. The van der Waals surface area contributed by atoms with Crippen molar-refractivity contribution < 1.29 is 19.1 Å². The lowest BCUT2D eigenvalue weighted by molar-refractivity contribution is 0.0512. The Balaban J connectivity index is 2.39. The van der Waals surface area contributed by atoms with Crippen LogP contribution in [-0.4, -0.2) is 35.4 Å². The van der Waals surface area contributed by atoms with E-state index < -0.39 is 11.7 Å². The number of amides is 1. The molecule has 1 aromatic carbocycles. The average molecular weight is 374 g/mol. The maximum absolute atomic E-state index is 12.5. The Morgan fingerprint density at radius 2 is 1.81 bits per heavy atom. The van der Waals surface area contributed by atoms with E-state index >= 15 is 0 Å². The summed E-state index contributed by atoms with van der Waals surface area (Å²) in [7, 11) is 0. The zero-order valence-electron chi connectivity index (χ0n) is 17.3. The van der Waals surface area contributed by atoms with Crippen molar-refractivity contribution in [2.45, 2.75) is 60.1 Å². The van der Waals surface area contributed by atoms with Gasteiger partial charge >= 0.3 is 12.1 Å². The van der Waals surface area contributed by atoms with Crippen LogP contribution in [0.1, 0.15) is 62.3 Å². The minimum Gasteiger partial charge on any atom is -0.461 e. The van der Waals surface area contributed by atoms with Gasteiger partial charge in [-0.25, -0.2) is 9.59 Å². The summed E-state index contributed by atoms with van der Waals surface area (Å²) in [4.78, 5) is 24.5. The van der Waals surface area contributed by atoms with Crippen LogP contribution < -0.4 is 5.32 Å². The highest BCUT2D eigenvalue weighted by molar-refractivity contribution is 5.98. The molecule has 0 spiro atoms. The van der Waals surface area contributed by atoms with E-state index in [1.807, 2.05) is 64.3 Å². The fourth-order valence-electron chi connectivity index (χ4n) is 3.10. The van der Waals surface area contributed by atoms with Crippen molar-refractivity contribution in [3.05, 3.63) is 35.0 Å². The number of ether oxygens (including phenoxy) is 2. The molecule has 1 aromatic heterocycles. The molecular formula is C21H30N2O4. The number of nitrogens with one attached hydrogen (secondary N) is 1. The van der Waals surface area contributed by atoms with Gasteiger partial charge < -0.3 is 19.4 Å². The molecule has 148 valence electrons. The smallest absolute Gasteiger partial charge is 0.407 e. The topological polar surface area (TPSA) is 69.6 Å². The van der Waals surface area contributed by atoms with Gasteiger partial charge in [-0.3, -0.25) is 0 Å². The van der Waals surface area contributed by atoms with Crippen LogP contribution in [0.4, 0.5) is 4.79 Å². The predicted octanol–water partition coefficient (Wildman–Crippen LogP) is 4.52. The van der Waals surface area contributed by atoms with Crippen LogP contribution in [-0.2, 0) is 9.47 Å². The Morgan fingerprint density at radius 3 is 2.41 bits per heavy atom. The molecule has 1 amide bonds. The third kappa shape index (κ3) is 4.81. The summed E-state index contributed by atoms with van der Waals surface area (Å²) < 4.78 is 12.5. The normalized spacial score (nSPS) is 12.7. The zero-order valence-corrected chi connectivity index (χ0v) is 17.3. The van der Waals surface area contributed by atoms with Gasteiger partial charge in [-0.05, 0) is 65.7 Å². The van der Waals surface area contributed by atoms with Crippen molar-refractivity contribution in [2.24, 2.45) is 0 Å². The molecule has 6 nitrogen and oxygen atoms in total. The minimum absolute atomic E-state index is 0.157. The van der Waals surface area contributed by atoms with Crippen molar-refractivity contribution in [1.29, 1.82) is 0 Å². The number of nitrogens with zero attached hydrogens (tertiary/aromatic N) is 1. The maximum Gasteiger partial charge on any atom is 0.407 e. The molecule has 0 aliphatic carbocycles. The summed E-state index contributed by atoms with van der Waals surface area (Å²) >= 11 is 0. The van der Waals surface area contributed by atoms with Crippen LogP contribution in [0, 0.1) is 13.8 Å². The summed E-state index contributed by atoms with van der Waals surface area (Å²) in [5.74, 6) is -0.364. The summed E-state index contributed by atoms with van der Waals surface area (Å²) in [5, 5.41) is 3.81. The molecule has 1 heterocycles. The van der Waals surface area contributed by atoms with E-state index in [9.17, 15) is 9.59 Å². The fraction of sp³-hybridized carbons (Fsp3) is 0.524. The molecule has 2 rings (SSSR count). The van der Waals surface area contributed by atoms with Crippen molar-refractivity contribution in [3.8, 4) is 0 Å². The van der Waals surface area contributed by atoms with Crippen molar-refractivity contribution >= 4 is 23.0 Å². The Labute approximate surface area is 160 Å². The fourth-order valence-corrected chi connectivity index (χ4v) is 3.10. The molecule has 2 aromatic rings. The standard InChI is InChI=1S/C21H30N2O4/c1-8-26-19(24)17-11-16-13(2)9-10-14(3)18(16)23(17)15(4)12-22-20(25)27-21(5,6)7/h9-11,15H,8,12H2,1-7H3,(H,22,25). The Hall–Kier alpha value is -2.50. The van der Waals surface area contributed by atoms with E-state index in [0.29, 0.717) is 18.8 Å². The Kier molecular flexibility index (Phi) is 6.19. The van der Waals surface area contributed by atoms with Gasteiger partial charge in [-0.2, -0.15) is 0 Å². The van der Waals surface area contributed by atoms with E-state index in [2.05, 4.69) is 5.32 Å². The summed E-state index contributed by atoms with van der Waals surface area (Å²) in [5.41, 5.74) is 3.07. The van der Waals surface area contributed by atoms with Gasteiger partial charge in [0.15, 0.2) is 0 Å². The molecule has 0 aliphatic rings. The molecule has 0 saturated heterocycles. The maximum atomic E-state index is 12.5. The lowest BCUT2D eigenvalue weighted by Gasteiger charge is -2.23. The highest BCUT2D eigenvalue weighted by Gasteiger charge is 2.23. The quantitative estimate of drug-likeness (QED) is 0.781. The number of alkyl carbamates (subject to hydrolysis) is 1. The number of aromatic nitrogens is 1. The number of benzene rings is 1. The van der Waals surface area contributed by atoms with Gasteiger partial charge in [-0.15, -0.1) is 0 Å². The van der Waals surface area contributed by atoms with Crippen LogP contribution >= 0.6 is 0 Å². The number of fused-ring (bicyclic) bond motifs is 1. The highest BCUT2D eigenvalue weighted by atomic mass is 16.6. The first-order chi connectivity index (χ1) is 12.5. The average Bonchev–Trinajstić information content (AvgIpc) is 2.97. The number of hydrogen-bond acceptors (Lipinski definition) is 4. The van der Waals surface area contributed by atoms with Crippen LogP contribution in [0.5, 0.6) is 0 Å².